The molecular weight excluding hydrogens is 209 g/mol. The standard InChI is InChI=1S/C11H16FN3O/c1-3-15(2)7-11(16)14-10-6-8(12)4-5-9(10)13/h4-6H,3,7,13H2,1-2H3,(H,14,16). The van der Waals surface area contributed by atoms with E-state index in [0.717, 1.165) is 6.54 Å². The van der Waals surface area contributed by atoms with Crippen LogP contribution in [0.25, 0.3) is 0 Å². The van der Waals surface area contributed by atoms with Gasteiger partial charge in [-0.2, -0.15) is 0 Å². The number of benzene rings is 1. The summed E-state index contributed by atoms with van der Waals surface area (Å²) in [5.74, 6) is -0.630. The Morgan fingerprint density at radius 3 is 2.88 bits per heavy atom. The van der Waals surface area contributed by atoms with Gasteiger partial charge in [-0.3, -0.25) is 9.69 Å². The maximum absolute atomic E-state index is 12.9. The van der Waals surface area contributed by atoms with Gasteiger partial charge in [-0.05, 0) is 31.8 Å². The van der Waals surface area contributed by atoms with Gasteiger partial charge in [-0.1, -0.05) is 6.92 Å². The lowest BCUT2D eigenvalue weighted by Gasteiger charge is -2.14. The molecule has 0 saturated heterocycles. The summed E-state index contributed by atoms with van der Waals surface area (Å²) in [6.45, 7) is 2.97. The second-order valence-electron chi connectivity index (χ2n) is 3.61. The Labute approximate surface area is 94.2 Å². The van der Waals surface area contributed by atoms with E-state index >= 15 is 0 Å². The number of amides is 1. The Kier molecular flexibility index (Phi) is 4.25. The quantitative estimate of drug-likeness (QED) is 0.759. The van der Waals surface area contributed by atoms with E-state index in [1.54, 1.807) is 0 Å². The Bertz CT molecular complexity index is 381. The molecule has 0 radical (unpaired) electrons. The molecule has 3 N–H and O–H groups in total. The van der Waals surface area contributed by atoms with Gasteiger partial charge in [0, 0.05) is 0 Å². The molecule has 0 atom stereocenters. The predicted molar refractivity (Wildman–Crippen MR) is 62.6 cm³/mol. The molecule has 0 fully saturated rings. The number of halogens is 1. The van der Waals surface area contributed by atoms with Crippen LogP contribution in [0.3, 0.4) is 0 Å². The van der Waals surface area contributed by atoms with Crippen LogP contribution in [0.5, 0.6) is 0 Å². The third kappa shape index (κ3) is 3.51. The Hall–Kier alpha value is -1.62. The molecule has 1 aromatic carbocycles. The third-order valence-corrected chi connectivity index (χ3v) is 2.24. The van der Waals surface area contributed by atoms with Crippen LogP contribution < -0.4 is 11.1 Å². The molecule has 0 spiro atoms. The van der Waals surface area contributed by atoms with Crippen molar-refractivity contribution in [2.24, 2.45) is 0 Å². The van der Waals surface area contributed by atoms with E-state index in [1.165, 1.54) is 18.2 Å². The number of anilines is 2. The van der Waals surface area contributed by atoms with E-state index < -0.39 is 5.82 Å². The highest BCUT2D eigenvalue weighted by Gasteiger charge is 2.08. The van der Waals surface area contributed by atoms with Crippen LogP contribution in [0.2, 0.25) is 0 Å². The van der Waals surface area contributed by atoms with Crippen molar-refractivity contribution in [3.63, 3.8) is 0 Å². The van der Waals surface area contributed by atoms with Gasteiger partial charge in [-0.25, -0.2) is 4.39 Å². The smallest absolute Gasteiger partial charge is 0.238 e. The van der Waals surface area contributed by atoms with Gasteiger partial charge in [-0.15, -0.1) is 0 Å². The van der Waals surface area contributed by atoms with Crippen molar-refractivity contribution in [3.8, 4) is 0 Å². The fraction of sp³-hybridized carbons (Fsp3) is 0.364. The summed E-state index contributed by atoms with van der Waals surface area (Å²) in [5.41, 5.74) is 6.28. The SMILES string of the molecule is CCN(C)CC(=O)Nc1cc(F)ccc1N. The average molecular weight is 225 g/mol. The Morgan fingerprint density at radius 2 is 2.25 bits per heavy atom. The molecule has 16 heavy (non-hydrogen) atoms. The van der Waals surface area contributed by atoms with E-state index in [1.807, 2.05) is 18.9 Å². The number of nitrogens with one attached hydrogen (secondary N) is 1. The first-order valence-corrected chi connectivity index (χ1v) is 5.06. The van der Waals surface area contributed by atoms with E-state index in [0.29, 0.717) is 11.4 Å². The monoisotopic (exact) mass is 225 g/mol. The fourth-order valence-corrected chi connectivity index (χ4v) is 1.18. The summed E-state index contributed by atoms with van der Waals surface area (Å²) >= 11 is 0. The molecule has 4 nitrogen and oxygen atoms in total. The number of nitrogens with two attached hydrogens (primary N) is 1. The van der Waals surface area contributed by atoms with Crippen molar-refractivity contribution < 1.29 is 9.18 Å². The van der Waals surface area contributed by atoms with Gasteiger partial charge in [0.1, 0.15) is 5.82 Å². The van der Waals surface area contributed by atoms with Crippen molar-refractivity contribution in [2.45, 2.75) is 6.92 Å². The summed E-state index contributed by atoms with van der Waals surface area (Å²) < 4.78 is 12.9. The molecule has 1 rings (SSSR count). The zero-order valence-corrected chi connectivity index (χ0v) is 9.46. The van der Waals surface area contributed by atoms with Crippen molar-refractivity contribution >= 4 is 17.3 Å². The first kappa shape index (κ1) is 12.4. The summed E-state index contributed by atoms with van der Waals surface area (Å²) in [6, 6.07) is 3.89. The first-order valence-electron chi connectivity index (χ1n) is 5.06. The molecule has 0 aliphatic heterocycles. The highest BCUT2D eigenvalue weighted by atomic mass is 19.1. The zero-order valence-electron chi connectivity index (χ0n) is 9.46. The summed E-state index contributed by atoms with van der Waals surface area (Å²) in [4.78, 5) is 13.4. The lowest BCUT2D eigenvalue weighted by Crippen LogP contribution is -2.30. The van der Waals surface area contributed by atoms with E-state index in [9.17, 15) is 9.18 Å². The molecule has 0 heterocycles. The molecule has 5 heteroatoms. The van der Waals surface area contributed by atoms with Crippen LogP contribution in [-0.4, -0.2) is 30.9 Å². The predicted octanol–water partition coefficient (Wildman–Crippen LogP) is 1.30. The second kappa shape index (κ2) is 5.46. The Morgan fingerprint density at radius 1 is 1.56 bits per heavy atom. The van der Waals surface area contributed by atoms with E-state index in [4.69, 9.17) is 5.73 Å². The van der Waals surface area contributed by atoms with Crippen molar-refractivity contribution in [1.29, 1.82) is 0 Å². The van der Waals surface area contributed by atoms with Crippen molar-refractivity contribution in [3.05, 3.63) is 24.0 Å². The molecule has 1 aromatic rings. The van der Waals surface area contributed by atoms with E-state index in [-0.39, 0.29) is 12.5 Å². The number of nitrogens with zero attached hydrogens (tertiary/aromatic N) is 1. The van der Waals surface area contributed by atoms with Crippen molar-refractivity contribution in [2.75, 3.05) is 31.2 Å². The van der Waals surface area contributed by atoms with Crippen LogP contribution >= 0.6 is 0 Å². The van der Waals surface area contributed by atoms with Crippen LogP contribution in [0.1, 0.15) is 6.92 Å². The number of hydrogen-bond acceptors (Lipinski definition) is 3. The average Bonchev–Trinajstić information content (AvgIpc) is 2.23. The van der Waals surface area contributed by atoms with Crippen molar-refractivity contribution in [1.82, 2.24) is 4.90 Å². The minimum absolute atomic E-state index is 0.207. The van der Waals surface area contributed by atoms with Gasteiger partial charge >= 0.3 is 0 Å². The number of nitrogen functional groups attached to an aromatic ring is 1. The number of carbonyl (C=O) groups excluding carboxylic acids is 1. The zero-order chi connectivity index (χ0) is 12.1. The molecule has 0 aliphatic rings. The maximum Gasteiger partial charge on any atom is 0.238 e. The van der Waals surface area contributed by atoms with Crippen LogP contribution in [-0.2, 0) is 4.79 Å². The van der Waals surface area contributed by atoms with Crippen LogP contribution in [0.15, 0.2) is 18.2 Å². The van der Waals surface area contributed by atoms with Gasteiger partial charge in [0.15, 0.2) is 0 Å². The van der Waals surface area contributed by atoms with Crippen LogP contribution in [0, 0.1) is 5.82 Å². The first-order chi connectivity index (χ1) is 7.52. The topological polar surface area (TPSA) is 58.4 Å². The molecule has 0 saturated carbocycles. The van der Waals surface area contributed by atoms with Crippen LogP contribution in [0.4, 0.5) is 15.8 Å². The molecule has 0 aromatic heterocycles. The van der Waals surface area contributed by atoms with Gasteiger partial charge in [0.2, 0.25) is 5.91 Å². The normalized spacial score (nSPS) is 10.5. The number of hydrogen-bond donors (Lipinski definition) is 2. The number of carbonyl (C=O) groups is 1. The van der Waals surface area contributed by atoms with Gasteiger partial charge in [0.25, 0.3) is 0 Å². The lowest BCUT2D eigenvalue weighted by molar-refractivity contribution is -0.117. The summed E-state index contributed by atoms with van der Waals surface area (Å²) in [6.07, 6.45) is 0. The van der Waals surface area contributed by atoms with E-state index in [2.05, 4.69) is 5.32 Å². The molecular formula is C11H16FN3O. The number of rotatable bonds is 4. The van der Waals surface area contributed by atoms with Gasteiger partial charge in [0.05, 0.1) is 17.9 Å². The molecule has 0 bridgehead atoms. The maximum atomic E-state index is 12.9. The minimum atomic E-state index is -0.423. The summed E-state index contributed by atoms with van der Waals surface area (Å²) in [5, 5.41) is 2.57. The third-order valence-electron chi connectivity index (χ3n) is 2.24. The minimum Gasteiger partial charge on any atom is -0.397 e. The molecule has 1 amide bonds. The lowest BCUT2D eigenvalue weighted by atomic mass is 10.2. The highest BCUT2D eigenvalue weighted by Crippen LogP contribution is 2.18. The molecule has 0 unspecified atom stereocenters. The highest BCUT2D eigenvalue weighted by molar-refractivity contribution is 5.95. The fourth-order valence-electron chi connectivity index (χ4n) is 1.18. The second-order valence-corrected chi connectivity index (χ2v) is 3.61. The number of likely N-dealkylation sites (N-methyl/N-ethyl adjacent to an activating group) is 1. The largest absolute Gasteiger partial charge is 0.397 e. The Balaban J connectivity index is 2.65. The summed E-state index contributed by atoms with van der Waals surface area (Å²) in [7, 11) is 1.83. The molecule has 88 valence electrons. The molecule has 0 aliphatic carbocycles. The van der Waals surface area contributed by atoms with Gasteiger partial charge < -0.3 is 11.1 Å².